The van der Waals surface area contributed by atoms with Crippen LogP contribution in [0, 0.1) is 10.1 Å². The van der Waals surface area contributed by atoms with Crippen molar-refractivity contribution in [2.24, 2.45) is 0 Å². The maximum absolute atomic E-state index is 12.7. The highest BCUT2D eigenvalue weighted by atomic mass is 16.6. The van der Waals surface area contributed by atoms with E-state index in [1.54, 1.807) is 6.07 Å². The van der Waals surface area contributed by atoms with Crippen LogP contribution in [0.5, 0.6) is 5.75 Å². The lowest BCUT2D eigenvalue weighted by molar-refractivity contribution is -0.384. The molecule has 7 heteroatoms. The van der Waals surface area contributed by atoms with Gasteiger partial charge in [0, 0.05) is 0 Å². The van der Waals surface area contributed by atoms with Crippen molar-refractivity contribution >= 4 is 17.3 Å². The van der Waals surface area contributed by atoms with Crippen LogP contribution in [0.4, 0.5) is 11.4 Å². The van der Waals surface area contributed by atoms with E-state index in [0.717, 1.165) is 11.1 Å². The predicted octanol–water partition coefficient (Wildman–Crippen LogP) is 4.26. The highest BCUT2D eigenvalue weighted by Gasteiger charge is 2.23. The number of nitrogens with one attached hydrogen (secondary N) is 1. The molecular weight excluding hydrogens is 382 g/mol. The Labute approximate surface area is 175 Å². The first-order valence-corrected chi connectivity index (χ1v) is 9.42. The quantitative estimate of drug-likeness (QED) is 0.447. The smallest absolute Gasteiger partial charge is 0.296 e. The molecule has 3 rings (SSSR count). The van der Waals surface area contributed by atoms with Crippen LogP contribution in [0.25, 0.3) is 0 Å². The Morgan fingerprint density at radius 2 is 1.60 bits per heavy atom. The fourth-order valence-corrected chi connectivity index (χ4v) is 3.37. The molecule has 0 aromatic heterocycles. The van der Waals surface area contributed by atoms with Crippen molar-refractivity contribution < 1.29 is 14.5 Å². The number of ether oxygens (including phenoxy) is 1. The summed E-state index contributed by atoms with van der Waals surface area (Å²) in [7, 11) is 3.28. The van der Waals surface area contributed by atoms with E-state index in [4.69, 9.17) is 4.74 Å². The fourth-order valence-electron chi connectivity index (χ4n) is 3.37. The van der Waals surface area contributed by atoms with Crippen molar-refractivity contribution in [3.8, 4) is 5.75 Å². The molecule has 3 aromatic carbocycles. The number of amides is 1. The van der Waals surface area contributed by atoms with Gasteiger partial charge in [-0.05, 0) is 30.3 Å². The van der Waals surface area contributed by atoms with E-state index >= 15 is 0 Å². The number of likely N-dealkylation sites (N-methyl/N-ethyl adjacent to an activating group) is 1. The SMILES string of the molecule is COc1ccc(NC(=O)CN(C)C(c2ccccc2)c2ccccc2)c([N+](=O)[O-])c1. The minimum absolute atomic E-state index is 0.0532. The Kier molecular flexibility index (Phi) is 6.77. The lowest BCUT2D eigenvalue weighted by Gasteiger charge is -2.28. The number of nitrogens with zero attached hydrogens (tertiary/aromatic N) is 2. The molecule has 7 nitrogen and oxygen atoms in total. The number of anilines is 1. The number of methoxy groups -OCH3 is 1. The third-order valence-corrected chi connectivity index (χ3v) is 4.74. The van der Waals surface area contributed by atoms with Gasteiger partial charge in [-0.15, -0.1) is 0 Å². The molecular formula is C23H23N3O4. The van der Waals surface area contributed by atoms with Crippen molar-refractivity contribution in [3.05, 3.63) is 100 Å². The van der Waals surface area contributed by atoms with Crippen molar-refractivity contribution in [2.45, 2.75) is 6.04 Å². The molecule has 0 bridgehead atoms. The molecule has 3 aromatic rings. The molecule has 0 aliphatic carbocycles. The Morgan fingerprint density at radius 1 is 1.03 bits per heavy atom. The molecule has 0 saturated carbocycles. The summed E-state index contributed by atoms with van der Waals surface area (Å²) >= 11 is 0. The van der Waals surface area contributed by atoms with Gasteiger partial charge in [0.25, 0.3) is 5.69 Å². The van der Waals surface area contributed by atoms with Crippen molar-refractivity contribution in [1.29, 1.82) is 0 Å². The van der Waals surface area contributed by atoms with Crippen LogP contribution in [0.15, 0.2) is 78.9 Å². The van der Waals surface area contributed by atoms with Crippen LogP contribution in [-0.4, -0.2) is 36.4 Å². The monoisotopic (exact) mass is 405 g/mol. The van der Waals surface area contributed by atoms with Gasteiger partial charge in [-0.25, -0.2) is 0 Å². The molecule has 0 aliphatic heterocycles. The van der Waals surface area contributed by atoms with Gasteiger partial charge in [0.1, 0.15) is 11.4 Å². The summed E-state index contributed by atoms with van der Waals surface area (Å²) < 4.78 is 5.03. The van der Waals surface area contributed by atoms with E-state index < -0.39 is 4.92 Å². The molecule has 154 valence electrons. The number of nitro groups is 1. The number of hydrogen-bond donors (Lipinski definition) is 1. The standard InChI is InChI=1S/C23H23N3O4/c1-25(23(17-9-5-3-6-10-17)18-11-7-4-8-12-18)16-22(27)24-20-14-13-19(30-2)15-21(20)26(28)29/h3-15,23H,16H2,1-2H3,(H,24,27). The summed E-state index contributed by atoms with van der Waals surface area (Å²) in [5.41, 5.74) is 2.02. The fraction of sp³-hybridized carbons (Fsp3) is 0.174. The maximum atomic E-state index is 12.7. The average molecular weight is 405 g/mol. The van der Waals surface area contributed by atoms with Crippen LogP contribution in [-0.2, 0) is 4.79 Å². The Hall–Kier alpha value is -3.71. The first kappa shape index (κ1) is 21.0. The minimum Gasteiger partial charge on any atom is -0.496 e. The van der Waals surface area contributed by atoms with Gasteiger partial charge in [0.2, 0.25) is 5.91 Å². The number of benzene rings is 3. The summed E-state index contributed by atoms with van der Waals surface area (Å²) in [5.74, 6) is 0.00710. The normalized spacial score (nSPS) is 10.8. The summed E-state index contributed by atoms with van der Waals surface area (Å²) in [6.45, 7) is 0.0532. The lowest BCUT2D eigenvalue weighted by Crippen LogP contribution is -2.34. The second-order valence-corrected chi connectivity index (χ2v) is 6.83. The number of carbonyl (C=O) groups is 1. The van der Waals surface area contributed by atoms with E-state index in [-0.39, 0.29) is 29.9 Å². The van der Waals surface area contributed by atoms with Crippen molar-refractivity contribution in [1.82, 2.24) is 4.90 Å². The van der Waals surface area contributed by atoms with Crippen LogP contribution in [0.2, 0.25) is 0 Å². The number of rotatable bonds is 8. The molecule has 0 atom stereocenters. The molecule has 0 heterocycles. The highest BCUT2D eigenvalue weighted by molar-refractivity contribution is 5.94. The first-order valence-electron chi connectivity index (χ1n) is 9.42. The zero-order valence-electron chi connectivity index (χ0n) is 16.8. The molecule has 0 unspecified atom stereocenters. The van der Waals surface area contributed by atoms with Gasteiger partial charge in [0.15, 0.2) is 0 Å². The van der Waals surface area contributed by atoms with Crippen LogP contribution in [0.1, 0.15) is 17.2 Å². The third-order valence-electron chi connectivity index (χ3n) is 4.74. The van der Waals surface area contributed by atoms with E-state index in [0.29, 0.717) is 5.75 Å². The molecule has 0 fully saturated rings. The summed E-state index contributed by atoms with van der Waals surface area (Å²) in [4.78, 5) is 25.4. The van der Waals surface area contributed by atoms with Gasteiger partial charge in [-0.1, -0.05) is 60.7 Å². The van der Waals surface area contributed by atoms with Crippen LogP contribution < -0.4 is 10.1 Å². The summed E-state index contributed by atoms with van der Waals surface area (Å²) in [5, 5.41) is 14.0. The second kappa shape index (κ2) is 9.67. The number of carbonyl (C=O) groups excluding carboxylic acids is 1. The highest BCUT2D eigenvalue weighted by Crippen LogP contribution is 2.30. The van der Waals surface area contributed by atoms with E-state index in [1.165, 1.54) is 19.2 Å². The predicted molar refractivity (Wildman–Crippen MR) is 116 cm³/mol. The number of hydrogen-bond acceptors (Lipinski definition) is 5. The second-order valence-electron chi connectivity index (χ2n) is 6.83. The average Bonchev–Trinajstić information content (AvgIpc) is 2.75. The molecule has 0 aliphatic rings. The Balaban J connectivity index is 1.80. The Morgan fingerprint density at radius 3 is 2.10 bits per heavy atom. The number of nitro benzene ring substituents is 1. The lowest BCUT2D eigenvalue weighted by atomic mass is 9.97. The summed E-state index contributed by atoms with van der Waals surface area (Å²) in [6.07, 6.45) is 0. The summed E-state index contributed by atoms with van der Waals surface area (Å²) in [6, 6.07) is 24.0. The molecule has 30 heavy (non-hydrogen) atoms. The van der Waals surface area contributed by atoms with Gasteiger partial charge in [-0.3, -0.25) is 19.8 Å². The van der Waals surface area contributed by atoms with Gasteiger partial charge in [-0.2, -0.15) is 0 Å². The van der Waals surface area contributed by atoms with E-state index in [9.17, 15) is 14.9 Å². The van der Waals surface area contributed by atoms with Crippen LogP contribution in [0.3, 0.4) is 0 Å². The largest absolute Gasteiger partial charge is 0.496 e. The van der Waals surface area contributed by atoms with Crippen LogP contribution >= 0.6 is 0 Å². The van der Waals surface area contributed by atoms with Crippen molar-refractivity contribution in [2.75, 3.05) is 26.0 Å². The first-order chi connectivity index (χ1) is 14.5. The third kappa shape index (κ3) is 5.01. The van der Waals surface area contributed by atoms with Gasteiger partial charge in [0.05, 0.1) is 30.7 Å². The van der Waals surface area contributed by atoms with Crippen molar-refractivity contribution in [3.63, 3.8) is 0 Å². The zero-order chi connectivity index (χ0) is 21.5. The van der Waals surface area contributed by atoms with Gasteiger partial charge < -0.3 is 10.1 Å². The molecule has 0 radical (unpaired) electrons. The van der Waals surface area contributed by atoms with E-state index in [2.05, 4.69) is 5.32 Å². The molecule has 0 saturated heterocycles. The topological polar surface area (TPSA) is 84.7 Å². The maximum Gasteiger partial charge on any atom is 0.296 e. The molecule has 1 N–H and O–H groups in total. The minimum atomic E-state index is -0.543. The Bertz CT molecular complexity index is 970. The molecule has 1 amide bonds. The molecule has 0 spiro atoms. The zero-order valence-corrected chi connectivity index (χ0v) is 16.8. The van der Waals surface area contributed by atoms with Gasteiger partial charge >= 0.3 is 0 Å². The van der Waals surface area contributed by atoms with E-state index in [1.807, 2.05) is 72.6 Å².